The van der Waals surface area contributed by atoms with E-state index >= 15 is 0 Å². The molecule has 2 heteroatoms. The van der Waals surface area contributed by atoms with Crippen molar-refractivity contribution in [1.29, 1.82) is 0 Å². The predicted molar refractivity (Wildman–Crippen MR) is 85.7 cm³/mol. The number of aryl methyl sites for hydroxylation is 2. The maximum absolute atomic E-state index is 5.60. The Morgan fingerprint density at radius 2 is 1.65 bits per heavy atom. The van der Waals surface area contributed by atoms with Gasteiger partial charge in [0.15, 0.2) is 0 Å². The monoisotopic (exact) mass is 268 g/mol. The predicted octanol–water partition coefficient (Wildman–Crippen LogP) is 3.09. The van der Waals surface area contributed by atoms with Crippen LogP contribution in [0.15, 0.2) is 42.5 Å². The quantitative estimate of drug-likeness (QED) is 0.790. The molecule has 0 heterocycles. The van der Waals surface area contributed by atoms with E-state index in [0.29, 0.717) is 6.54 Å². The fourth-order valence-corrected chi connectivity index (χ4v) is 2.38. The van der Waals surface area contributed by atoms with Crippen molar-refractivity contribution < 1.29 is 0 Å². The zero-order valence-electron chi connectivity index (χ0n) is 12.4. The van der Waals surface area contributed by atoms with Gasteiger partial charge in [0.25, 0.3) is 0 Å². The minimum atomic E-state index is 0.612. The molecule has 0 saturated heterocycles. The first-order valence-electron chi connectivity index (χ1n) is 7.24. The smallest absolute Gasteiger partial charge is 0.0205 e. The van der Waals surface area contributed by atoms with E-state index in [9.17, 15) is 0 Å². The summed E-state index contributed by atoms with van der Waals surface area (Å²) < 4.78 is 0. The summed E-state index contributed by atoms with van der Waals surface area (Å²) in [4.78, 5) is 0. The van der Waals surface area contributed by atoms with Crippen molar-refractivity contribution in [3.05, 3.63) is 70.3 Å². The van der Waals surface area contributed by atoms with Crippen molar-refractivity contribution >= 4 is 0 Å². The molecule has 20 heavy (non-hydrogen) atoms. The summed E-state index contributed by atoms with van der Waals surface area (Å²) in [6, 6.07) is 15.2. The van der Waals surface area contributed by atoms with Crippen LogP contribution in [-0.4, -0.2) is 6.54 Å². The molecule has 0 amide bonds. The Balaban J connectivity index is 1.78. The topological polar surface area (TPSA) is 38.0 Å². The highest BCUT2D eigenvalue weighted by Gasteiger charge is 1.99. The third-order valence-electron chi connectivity index (χ3n) is 3.66. The first-order chi connectivity index (χ1) is 9.69. The van der Waals surface area contributed by atoms with Gasteiger partial charge in [-0.1, -0.05) is 48.0 Å². The molecule has 0 unspecified atom stereocenters. The van der Waals surface area contributed by atoms with Gasteiger partial charge in [-0.3, -0.25) is 0 Å². The second-order valence-electron chi connectivity index (χ2n) is 5.38. The average Bonchev–Trinajstić information content (AvgIpc) is 2.46. The highest BCUT2D eigenvalue weighted by atomic mass is 14.8. The highest BCUT2D eigenvalue weighted by Crippen LogP contribution is 2.10. The minimum absolute atomic E-state index is 0.612. The molecule has 0 aliphatic rings. The van der Waals surface area contributed by atoms with Crippen molar-refractivity contribution in [2.24, 2.45) is 5.73 Å². The largest absolute Gasteiger partial charge is 0.326 e. The molecule has 106 valence electrons. The first-order valence-corrected chi connectivity index (χ1v) is 7.24. The summed E-state index contributed by atoms with van der Waals surface area (Å²) in [6.07, 6.45) is 1.08. The lowest BCUT2D eigenvalue weighted by Gasteiger charge is -2.09. The van der Waals surface area contributed by atoms with Crippen molar-refractivity contribution in [2.45, 2.75) is 33.4 Å². The average molecular weight is 268 g/mol. The van der Waals surface area contributed by atoms with E-state index in [4.69, 9.17) is 5.73 Å². The van der Waals surface area contributed by atoms with Crippen molar-refractivity contribution in [2.75, 3.05) is 6.54 Å². The zero-order valence-corrected chi connectivity index (χ0v) is 12.4. The molecule has 2 aromatic carbocycles. The van der Waals surface area contributed by atoms with Crippen LogP contribution in [-0.2, 0) is 19.5 Å². The van der Waals surface area contributed by atoms with Gasteiger partial charge in [-0.2, -0.15) is 0 Å². The SMILES string of the molecule is Cc1ccc(CCNCc2ccc(CN)cc2)c(C)c1. The summed E-state index contributed by atoms with van der Waals surface area (Å²) in [6.45, 7) is 6.85. The maximum Gasteiger partial charge on any atom is 0.0205 e. The van der Waals surface area contributed by atoms with Crippen LogP contribution in [0.25, 0.3) is 0 Å². The molecule has 0 aliphatic heterocycles. The van der Waals surface area contributed by atoms with E-state index in [1.807, 2.05) is 0 Å². The number of rotatable bonds is 6. The molecule has 0 bridgehead atoms. The Labute approximate surface area is 122 Å². The summed E-state index contributed by atoms with van der Waals surface area (Å²) >= 11 is 0. The van der Waals surface area contributed by atoms with Gasteiger partial charge < -0.3 is 11.1 Å². The van der Waals surface area contributed by atoms with Crippen LogP contribution in [0.3, 0.4) is 0 Å². The van der Waals surface area contributed by atoms with E-state index in [1.54, 1.807) is 0 Å². The van der Waals surface area contributed by atoms with Crippen molar-refractivity contribution in [1.82, 2.24) is 5.32 Å². The molecule has 2 rings (SSSR count). The van der Waals surface area contributed by atoms with Crippen LogP contribution in [0.4, 0.5) is 0 Å². The molecular formula is C18H24N2. The molecule has 3 N–H and O–H groups in total. The van der Waals surface area contributed by atoms with Crippen LogP contribution < -0.4 is 11.1 Å². The standard InChI is InChI=1S/C18H24N2/c1-14-3-8-18(15(2)11-14)9-10-20-13-17-6-4-16(12-19)5-7-17/h3-8,11,20H,9-10,12-13,19H2,1-2H3. The van der Waals surface area contributed by atoms with Crippen molar-refractivity contribution in [3.8, 4) is 0 Å². The molecule has 0 aromatic heterocycles. The number of nitrogens with one attached hydrogen (secondary N) is 1. The first kappa shape index (κ1) is 14.8. The molecule has 0 aliphatic carbocycles. The normalized spacial score (nSPS) is 10.8. The minimum Gasteiger partial charge on any atom is -0.326 e. The van der Waals surface area contributed by atoms with Gasteiger partial charge in [-0.15, -0.1) is 0 Å². The molecule has 0 spiro atoms. The summed E-state index contributed by atoms with van der Waals surface area (Å²) in [7, 11) is 0. The lowest BCUT2D eigenvalue weighted by atomic mass is 10.0. The summed E-state index contributed by atoms with van der Waals surface area (Å²) in [5, 5.41) is 3.50. The Morgan fingerprint density at radius 1 is 0.950 bits per heavy atom. The van der Waals surface area contributed by atoms with Gasteiger partial charge in [-0.25, -0.2) is 0 Å². The van der Waals surface area contributed by atoms with Crippen LogP contribution in [0.2, 0.25) is 0 Å². The lowest BCUT2D eigenvalue weighted by Crippen LogP contribution is -2.17. The van der Waals surface area contributed by atoms with Crippen LogP contribution >= 0.6 is 0 Å². The lowest BCUT2D eigenvalue weighted by molar-refractivity contribution is 0.685. The number of hydrogen-bond acceptors (Lipinski definition) is 2. The van der Waals surface area contributed by atoms with Gasteiger partial charge in [0, 0.05) is 13.1 Å². The van der Waals surface area contributed by atoms with E-state index in [1.165, 1.54) is 27.8 Å². The zero-order chi connectivity index (χ0) is 14.4. The van der Waals surface area contributed by atoms with Gasteiger partial charge in [0.2, 0.25) is 0 Å². The molecule has 2 nitrogen and oxygen atoms in total. The summed E-state index contributed by atoms with van der Waals surface area (Å²) in [5.41, 5.74) is 12.2. The second-order valence-corrected chi connectivity index (χ2v) is 5.38. The van der Waals surface area contributed by atoms with Crippen LogP contribution in [0, 0.1) is 13.8 Å². The second kappa shape index (κ2) is 7.22. The number of benzene rings is 2. The fraction of sp³-hybridized carbons (Fsp3) is 0.333. The van der Waals surface area contributed by atoms with Crippen LogP contribution in [0.1, 0.15) is 27.8 Å². The highest BCUT2D eigenvalue weighted by molar-refractivity contribution is 5.30. The van der Waals surface area contributed by atoms with E-state index in [0.717, 1.165) is 19.5 Å². The third kappa shape index (κ3) is 4.19. The Kier molecular flexibility index (Phi) is 5.33. The van der Waals surface area contributed by atoms with Gasteiger partial charge in [-0.05, 0) is 49.1 Å². The molecule has 0 saturated carbocycles. The van der Waals surface area contributed by atoms with Crippen molar-refractivity contribution in [3.63, 3.8) is 0 Å². The Bertz CT molecular complexity index is 544. The van der Waals surface area contributed by atoms with Gasteiger partial charge >= 0.3 is 0 Å². The fourth-order valence-electron chi connectivity index (χ4n) is 2.38. The van der Waals surface area contributed by atoms with E-state index in [2.05, 4.69) is 61.6 Å². The molecule has 0 fully saturated rings. The third-order valence-corrected chi connectivity index (χ3v) is 3.66. The number of nitrogens with two attached hydrogens (primary N) is 1. The molecule has 0 radical (unpaired) electrons. The van der Waals surface area contributed by atoms with E-state index < -0.39 is 0 Å². The maximum atomic E-state index is 5.60. The molecule has 2 aromatic rings. The Morgan fingerprint density at radius 3 is 2.30 bits per heavy atom. The van der Waals surface area contributed by atoms with E-state index in [-0.39, 0.29) is 0 Å². The number of hydrogen-bond donors (Lipinski definition) is 2. The van der Waals surface area contributed by atoms with Gasteiger partial charge in [0.05, 0.1) is 0 Å². The molecule has 0 atom stereocenters. The molecular weight excluding hydrogens is 244 g/mol. The van der Waals surface area contributed by atoms with Gasteiger partial charge in [0.1, 0.15) is 0 Å². The summed E-state index contributed by atoms with van der Waals surface area (Å²) in [5.74, 6) is 0. The van der Waals surface area contributed by atoms with Crippen LogP contribution in [0.5, 0.6) is 0 Å². The Hall–Kier alpha value is -1.64.